The van der Waals surface area contributed by atoms with Crippen molar-refractivity contribution in [3.05, 3.63) is 86.6 Å². The quantitative estimate of drug-likeness (QED) is 0.510. The molecular formula is C22H20ClNO2S. The van der Waals surface area contributed by atoms with E-state index in [-0.39, 0.29) is 5.91 Å². The van der Waals surface area contributed by atoms with Gasteiger partial charge in [0.2, 0.25) is 0 Å². The molecular weight excluding hydrogens is 378 g/mol. The van der Waals surface area contributed by atoms with Crippen molar-refractivity contribution in [2.45, 2.75) is 20.5 Å². The summed E-state index contributed by atoms with van der Waals surface area (Å²) in [5.41, 5.74) is 3.65. The lowest BCUT2D eigenvalue weighted by atomic mass is 10.2. The molecule has 0 aliphatic carbocycles. The monoisotopic (exact) mass is 397 g/mol. The lowest BCUT2D eigenvalue weighted by Crippen LogP contribution is -2.10. The Hall–Kier alpha value is -2.56. The third-order valence-corrected chi connectivity index (χ3v) is 5.35. The minimum absolute atomic E-state index is 0.152. The number of amides is 1. The Morgan fingerprint density at radius 1 is 1.22 bits per heavy atom. The van der Waals surface area contributed by atoms with Gasteiger partial charge in [-0.05, 0) is 49.1 Å². The van der Waals surface area contributed by atoms with Crippen molar-refractivity contribution in [3.8, 4) is 5.75 Å². The maximum absolute atomic E-state index is 12.4. The van der Waals surface area contributed by atoms with Crippen LogP contribution in [0.4, 0.5) is 5.69 Å². The molecule has 1 N–H and O–H groups in total. The van der Waals surface area contributed by atoms with Gasteiger partial charge in [-0.3, -0.25) is 4.79 Å². The molecule has 0 aliphatic rings. The van der Waals surface area contributed by atoms with E-state index in [1.165, 1.54) is 11.3 Å². The van der Waals surface area contributed by atoms with E-state index in [0.717, 1.165) is 22.4 Å². The number of carbonyl (C=O) groups excluding carboxylic acids is 1. The van der Waals surface area contributed by atoms with Crippen LogP contribution in [0.25, 0.3) is 6.08 Å². The molecule has 3 aromatic rings. The highest BCUT2D eigenvalue weighted by Crippen LogP contribution is 2.24. The normalized spacial score (nSPS) is 10.9. The molecule has 0 saturated heterocycles. The second-order valence-electron chi connectivity index (χ2n) is 6.06. The first-order valence-corrected chi connectivity index (χ1v) is 9.82. The lowest BCUT2D eigenvalue weighted by Gasteiger charge is -2.08. The van der Waals surface area contributed by atoms with Crippen molar-refractivity contribution < 1.29 is 9.53 Å². The number of allylic oxidation sites excluding steroid dienone is 1. The summed E-state index contributed by atoms with van der Waals surface area (Å²) in [6.07, 6.45) is 3.99. The summed E-state index contributed by atoms with van der Waals surface area (Å²) in [5, 5.41) is 5.45. The smallest absolute Gasteiger partial charge is 0.265 e. The van der Waals surface area contributed by atoms with Crippen LogP contribution in [0.15, 0.2) is 60.0 Å². The van der Waals surface area contributed by atoms with E-state index in [9.17, 15) is 4.79 Å². The zero-order valence-electron chi connectivity index (χ0n) is 15.2. The molecule has 1 aromatic heterocycles. The number of benzene rings is 2. The predicted molar refractivity (Wildman–Crippen MR) is 114 cm³/mol. The van der Waals surface area contributed by atoms with Crippen molar-refractivity contribution in [1.82, 2.24) is 0 Å². The molecule has 0 saturated carbocycles. The van der Waals surface area contributed by atoms with E-state index in [2.05, 4.69) is 5.32 Å². The van der Waals surface area contributed by atoms with Crippen LogP contribution in [0, 0.1) is 6.92 Å². The Bertz CT molecular complexity index is 978. The number of nitrogens with one attached hydrogen (secondary N) is 1. The molecule has 1 heterocycles. The first kappa shape index (κ1) is 19.2. The van der Waals surface area contributed by atoms with E-state index in [4.69, 9.17) is 16.3 Å². The van der Waals surface area contributed by atoms with Crippen LogP contribution in [0.2, 0.25) is 5.02 Å². The molecule has 0 fully saturated rings. The van der Waals surface area contributed by atoms with Crippen LogP contribution in [0.3, 0.4) is 0 Å². The summed E-state index contributed by atoms with van der Waals surface area (Å²) >= 11 is 7.51. The zero-order chi connectivity index (χ0) is 19.2. The standard InChI is InChI=1S/C22H20ClNO2S/c1-3-6-17-7-4-5-8-20(17)26-13-16-11-21(27-14-16)22(25)24-18-10-9-15(2)19(23)12-18/h3-12,14H,13H2,1-2H3,(H,24,25)/b6-3+. The summed E-state index contributed by atoms with van der Waals surface area (Å²) in [6.45, 7) is 4.31. The Labute approximate surface area is 168 Å². The molecule has 0 atom stereocenters. The topological polar surface area (TPSA) is 38.3 Å². The average Bonchev–Trinajstić information content (AvgIpc) is 3.13. The van der Waals surface area contributed by atoms with Crippen LogP contribution < -0.4 is 10.1 Å². The molecule has 0 bridgehead atoms. The highest BCUT2D eigenvalue weighted by atomic mass is 35.5. The Morgan fingerprint density at radius 3 is 2.81 bits per heavy atom. The van der Waals surface area contributed by atoms with E-state index < -0.39 is 0 Å². The number of anilines is 1. The first-order valence-electron chi connectivity index (χ1n) is 8.56. The fourth-order valence-corrected chi connectivity index (χ4v) is 3.50. The highest BCUT2D eigenvalue weighted by Gasteiger charge is 2.11. The SMILES string of the molecule is C/C=C/c1ccccc1OCc1csc(C(=O)Nc2ccc(C)c(Cl)c2)c1. The molecule has 138 valence electrons. The van der Waals surface area contributed by atoms with Gasteiger partial charge in [0.1, 0.15) is 12.4 Å². The van der Waals surface area contributed by atoms with Crippen molar-refractivity contribution in [2.24, 2.45) is 0 Å². The van der Waals surface area contributed by atoms with Gasteiger partial charge in [0.25, 0.3) is 5.91 Å². The Kier molecular flexibility index (Phi) is 6.32. The second-order valence-corrected chi connectivity index (χ2v) is 7.38. The minimum Gasteiger partial charge on any atom is -0.488 e. The molecule has 27 heavy (non-hydrogen) atoms. The van der Waals surface area contributed by atoms with Crippen LogP contribution in [-0.4, -0.2) is 5.91 Å². The number of halogens is 1. The number of aryl methyl sites for hydroxylation is 1. The van der Waals surface area contributed by atoms with E-state index in [1.807, 2.05) is 73.8 Å². The van der Waals surface area contributed by atoms with Gasteiger partial charge in [0.05, 0.1) is 4.88 Å². The van der Waals surface area contributed by atoms with Crippen LogP contribution in [-0.2, 0) is 6.61 Å². The van der Waals surface area contributed by atoms with Gasteiger partial charge in [0, 0.05) is 21.8 Å². The third kappa shape index (κ3) is 5.00. The van der Waals surface area contributed by atoms with Gasteiger partial charge in [-0.1, -0.05) is 48.0 Å². The average molecular weight is 398 g/mol. The van der Waals surface area contributed by atoms with Crippen molar-refractivity contribution >= 4 is 40.6 Å². The largest absolute Gasteiger partial charge is 0.488 e. The predicted octanol–water partition coefficient (Wildman–Crippen LogP) is 6.57. The van der Waals surface area contributed by atoms with Gasteiger partial charge in [0.15, 0.2) is 0 Å². The van der Waals surface area contributed by atoms with Gasteiger partial charge < -0.3 is 10.1 Å². The summed E-state index contributed by atoms with van der Waals surface area (Å²) < 4.78 is 5.92. The minimum atomic E-state index is -0.152. The number of thiophene rings is 1. The van der Waals surface area contributed by atoms with Gasteiger partial charge >= 0.3 is 0 Å². The Morgan fingerprint density at radius 2 is 2.04 bits per heavy atom. The fraction of sp³-hybridized carbons (Fsp3) is 0.136. The lowest BCUT2D eigenvalue weighted by molar-refractivity contribution is 0.103. The first-order chi connectivity index (χ1) is 13.1. The third-order valence-electron chi connectivity index (χ3n) is 3.97. The number of hydrogen-bond donors (Lipinski definition) is 1. The van der Waals surface area contributed by atoms with E-state index in [0.29, 0.717) is 22.2 Å². The van der Waals surface area contributed by atoms with Crippen molar-refractivity contribution in [1.29, 1.82) is 0 Å². The van der Waals surface area contributed by atoms with E-state index >= 15 is 0 Å². The summed E-state index contributed by atoms with van der Waals surface area (Å²) in [5.74, 6) is 0.669. The second kappa shape index (κ2) is 8.89. The Balaban J connectivity index is 1.64. The molecule has 1 amide bonds. The molecule has 0 radical (unpaired) electrons. The van der Waals surface area contributed by atoms with Crippen LogP contribution >= 0.6 is 22.9 Å². The fourth-order valence-electron chi connectivity index (χ4n) is 2.52. The van der Waals surface area contributed by atoms with Gasteiger partial charge in [-0.15, -0.1) is 11.3 Å². The van der Waals surface area contributed by atoms with Crippen molar-refractivity contribution in [3.63, 3.8) is 0 Å². The molecule has 0 unspecified atom stereocenters. The molecule has 3 nitrogen and oxygen atoms in total. The number of ether oxygens (including phenoxy) is 1. The molecule has 2 aromatic carbocycles. The zero-order valence-corrected chi connectivity index (χ0v) is 16.7. The summed E-state index contributed by atoms with van der Waals surface area (Å²) in [7, 11) is 0. The summed E-state index contributed by atoms with van der Waals surface area (Å²) in [6, 6.07) is 15.2. The molecule has 5 heteroatoms. The maximum Gasteiger partial charge on any atom is 0.265 e. The van der Waals surface area contributed by atoms with E-state index in [1.54, 1.807) is 6.07 Å². The van der Waals surface area contributed by atoms with Gasteiger partial charge in [-0.25, -0.2) is 0 Å². The highest BCUT2D eigenvalue weighted by molar-refractivity contribution is 7.12. The van der Waals surface area contributed by atoms with Crippen molar-refractivity contribution in [2.75, 3.05) is 5.32 Å². The van der Waals surface area contributed by atoms with Gasteiger partial charge in [-0.2, -0.15) is 0 Å². The molecule has 3 rings (SSSR count). The number of hydrogen-bond acceptors (Lipinski definition) is 3. The molecule has 0 spiro atoms. The van der Waals surface area contributed by atoms with Crippen LogP contribution in [0.5, 0.6) is 5.75 Å². The summed E-state index contributed by atoms with van der Waals surface area (Å²) in [4.78, 5) is 13.1. The number of carbonyl (C=O) groups is 1. The molecule has 0 aliphatic heterocycles. The number of para-hydroxylation sites is 1. The maximum atomic E-state index is 12.4. The van der Waals surface area contributed by atoms with Crippen LogP contribution in [0.1, 0.15) is 33.3 Å². The number of rotatable bonds is 6.